The Hall–Kier alpha value is -2.93. The molecule has 10 heteroatoms. The summed E-state index contributed by atoms with van der Waals surface area (Å²) >= 11 is 2.12. The number of carbonyl (C=O) groups excluding carboxylic acids is 2. The summed E-state index contributed by atoms with van der Waals surface area (Å²) < 4.78 is 33.2. The number of ether oxygens (including phenoxy) is 6. The van der Waals surface area contributed by atoms with E-state index in [0.29, 0.717) is 67.2 Å². The summed E-state index contributed by atoms with van der Waals surface area (Å²) in [6.45, 7) is 2.59. The summed E-state index contributed by atoms with van der Waals surface area (Å²) in [5.74, 6) is 1.59. The molecule has 0 unspecified atom stereocenters. The summed E-state index contributed by atoms with van der Waals surface area (Å²) in [6, 6.07) is 10.6. The third-order valence-corrected chi connectivity index (χ3v) is 5.40. The minimum atomic E-state index is -0.314. The molecule has 206 valence electrons. The van der Waals surface area contributed by atoms with E-state index in [9.17, 15) is 9.59 Å². The summed E-state index contributed by atoms with van der Waals surface area (Å²) in [6.07, 6.45) is 5.77. The van der Waals surface area contributed by atoms with Crippen molar-refractivity contribution in [2.24, 2.45) is 5.73 Å². The van der Waals surface area contributed by atoms with Gasteiger partial charge in [0.25, 0.3) is 0 Å². The molecule has 0 amide bonds. The minimum Gasteiger partial charge on any atom is -0.493 e. The largest absolute Gasteiger partial charge is 0.493 e. The van der Waals surface area contributed by atoms with E-state index in [1.165, 1.54) is 19.3 Å². The van der Waals surface area contributed by atoms with E-state index >= 15 is 0 Å². The molecule has 38 heavy (non-hydrogen) atoms. The predicted molar refractivity (Wildman–Crippen MR) is 154 cm³/mol. The molecule has 2 aromatic carbocycles. The number of halogens is 1. The first-order valence-corrected chi connectivity index (χ1v) is 13.5. The number of rotatable bonds is 19. The SMILES string of the molecule is COc1cc(/C=C/C(=O)CC(=O)/C=C/c2ccc(OCCOCCN)c(OC)c2)ccc1OCCOCI. The Kier molecular flexibility index (Phi) is 15.1. The van der Waals surface area contributed by atoms with Gasteiger partial charge in [-0.3, -0.25) is 9.59 Å². The molecule has 0 saturated carbocycles. The molecule has 2 N–H and O–H groups in total. The lowest BCUT2D eigenvalue weighted by molar-refractivity contribution is -0.121. The highest BCUT2D eigenvalue weighted by atomic mass is 127. The van der Waals surface area contributed by atoms with Crippen molar-refractivity contribution in [3.8, 4) is 23.0 Å². The van der Waals surface area contributed by atoms with Crippen LogP contribution in [0.15, 0.2) is 48.6 Å². The third-order valence-electron chi connectivity index (χ3n) is 4.96. The van der Waals surface area contributed by atoms with Crippen LogP contribution in [-0.2, 0) is 19.1 Å². The second kappa shape index (κ2) is 18.3. The maximum Gasteiger partial charge on any atom is 0.163 e. The maximum atomic E-state index is 12.3. The average Bonchev–Trinajstić information content (AvgIpc) is 2.93. The van der Waals surface area contributed by atoms with Gasteiger partial charge in [0.1, 0.15) is 13.2 Å². The van der Waals surface area contributed by atoms with Crippen LogP contribution < -0.4 is 24.7 Å². The van der Waals surface area contributed by atoms with Gasteiger partial charge in [-0.05, 0) is 47.5 Å². The molecule has 2 aromatic rings. The zero-order valence-corrected chi connectivity index (χ0v) is 23.8. The van der Waals surface area contributed by atoms with Crippen molar-refractivity contribution in [3.63, 3.8) is 0 Å². The molecular formula is C28H34INO8. The van der Waals surface area contributed by atoms with Gasteiger partial charge in [-0.2, -0.15) is 0 Å². The van der Waals surface area contributed by atoms with Crippen LogP contribution in [0.25, 0.3) is 12.2 Å². The van der Waals surface area contributed by atoms with Gasteiger partial charge in [-0.1, -0.05) is 46.9 Å². The van der Waals surface area contributed by atoms with Crippen LogP contribution in [0.2, 0.25) is 0 Å². The lowest BCUT2D eigenvalue weighted by atomic mass is 10.1. The molecule has 9 nitrogen and oxygen atoms in total. The number of alkyl halides is 1. The molecule has 0 aliphatic carbocycles. The van der Waals surface area contributed by atoms with Crippen molar-refractivity contribution in [1.29, 1.82) is 0 Å². The Labute approximate surface area is 237 Å². The Morgan fingerprint density at radius 3 is 1.68 bits per heavy atom. The topological polar surface area (TPSA) is 116 Å². The van der Waals surface area contributed by atoms with Gasteiger partial charge in [0.2, 0.25) is 0 Å². The van der Waals surface area contributed by atoms with Crippen molar-refractivity contribution < 1.29 is 38.0 Å². The molecule has 0 saturated heterocycles. The molecule has 0 heterocycles. The molecule has 0 aliphatic heterocycles. The van der Waals surface area contributed by atoms with Crippen molar-refractivity contribution >= 4 is 46.3 Å². The maximum absolute atomic E-state index is 12.3. The fourth-order valence-corrected chi connectivity index (χ4v) is 3.45. The van der Waals surface area contributed by atoms with Crippen molar-refractivity contribution in [1.82, 2.24) is 0 Å². The zero-order valence-electron chi connectivity index (χ0n) is 21.7. The van der Waals surface area contributed by atoms with Crippen LogP contribution in [0.3, 0.4) is 0 Å². The molecule has 0 atom stereocenters. The highest BCUT2D eigenvalue weighted by molar-refractivity contribution is 14.1. The Bertz CT molecular complexity index is 1090. The van der Waals surface area contributed by atoms with E-state index < -0.39 is 0 Å². The van der Waals surface area contributed by atoms with E-state index in [1.54, 1.807) is 55.7 Å². The van der Waals surface area contributed by atoms with E-state index in [-0.39, 0.29) is 18.0 Å². The Balaban J connectivity index is 1.89. The highest BCUT2D eigenvalue weighted by Gasteiger charge is 2.08. The molecular weight excluding hydrogens is 605 g/mol. The molecule has 0 spiro atoms. The smallest absolute Gasteiger partial charge is 0.163 e. The number of hydrogen-bond donors (Lipinski definition) is 1. The van der Waals surface area contributed by atoms with Crippen LogP contribution >= 0.6 is 22.6 Å². The van der Waals surface area contributed by atoms with Gasteiger partial charge in [0, 0.05) is 6.54 Å². The molecule has 0 bridgehead atoms. The molecule has 0 aliphatic rings. The first-order valence-electron chi connectivity index (χ1n) is 12.0. The van der Waals surface area contributed by atoms with Crippen LogP contribution in [-0.4, -0.2) is 70.0 Å². The van der Waals surface area contributed by atoms with Gasteiger partial charge in [0.15, 0.2) is 34.6 Å². The van der Waals surface area contributed by atoms with Gasteiger partial charge in [-0.25, -0.2) is 0 Å². The van der Waals surface area contributed by atoms with E-state index in [0.717, 1.165) is 11.1 Å². The fraction of sp³-hybridized carbons (Fsp3) is 0.357. The summed E-state index contributed by atoms with van der Waals surface area (Å²) in [7, 11) is 3.08. The summed E-state index contributed by atoms with van der Waals surface area (Å²) in [5.41, 5.74) is 6.86. The predicted octanol–water partition coefficient (Wildman–Crippen LogP) is 4.10. The first kappa shape index (κ1) is 31.3. The lowest BCUT2D eigenvalue weighted by Crippen LogP contribution is -2.13. The second-order valence-corrected chi connectivity index (χ2v) is 8.33. The number of ketones is 2. The quantitative estimate of drug-likeness (QED) is 0.0798. The summed E-state index contributed by atoms with van der Waals surface area (Å²) in [4.78, 5) is 24.6. The van der Waals surface area contributed by atoms with E-state index in [2.05, 4.69) is 22.6 Å². The normalized spacial score (nSPS) is 11.2. The average molecular weight is 639 g/mol. The van der Waals surface area contributed by atoms with Crippen LogP contribution in [0.4, 0.5) is 0 Å². The van der Waals surface area contributed by atoms with Crippen molar-refractivity contribution in [2.75, 3.05) is 58.4 Å². The number of methoxy groups -OCH3 is 2. The van der Waals surface area contributed by atoms with Gasteiger partial charge in [-0.15, -0.1) is 0 Å². The Morgan fingerprint density at radius 2 is 1.24 bits per heavy atom. The summed E-state index contributed by atoms with van der Waals surface area (Å²) in [5, 5.41) is 0. The number of allylic oxidation sites excluding steroid dienone is 2. The monoisotopic (exact) mass is 639 g/mol. The number of benzene rings is 2. The third kappa shape index (κ3) is 11.6. The molecule has 0 aromatic heterocycles. The highest BCUT2D eigenvalue weighted by Crippen LogP contribution is 2.29. The van der Waals surface area contributed by atoms with E-state index in [4.69, 9.17) is 34.2 Å². The van der Waals surface area contributed by atoms with Crippen molar-refractivity contribution in [3.05, 3.63) is 59.7 Å². The van der Waals surface area contributed by atoms with Gasteiger partial charge >= 0.3 is 0 Å². The molecule has 2 rings (SSSR count). The lowest BCUT2D eigenvalue weighted by Gasteiger charge is -2.11. The number of carbonyl (C=O) groups is 2. The Morgan fingerprint density at radius 1 is 0.737 bits per heavy atom. The zero-order chi connectivity index (χ0) is 27.6. The van der Waals surface area contributed by atoms with E-state index in [1.807, 2.05) is 0 Å². The number of hydrogen-bond acceptors (Lipinski definition) is 9. The van der Waals surface area contributed by atoms with Crippen LogP contribution in [0.1, 0.15) is 17.5 Å². The van der Waals surface area contributed by atoms with Crippen LogP contribution in [0.5, 0.6) is 23.0 Å². The van der Waals surface area contributed by atoms with Crippen LogP contribution in [0, 0.1) is 0 Å². The fourth-order valence-electron chi connectivity index (χ4n) is 3.14. The van der Waals surface area contributed by atoms with Crippen molar-refractivity contribution in [2.45, 2.75) is 6.42 Å². The molecule has 0 radical (unpaired) electrons. The molecule has 0 fully saturated rings. The van der Waals surface area contributed by atoms with Gasteiger partial charge < -0.3 is 34.2 Å². The minimum absolute atomic E-state index is 0.247. The first-order chi connectivity index (χ1) is 18.5. The second-order valence-electron chi connectivity index (χ2n) is 7.71. The standard InChI is InChI=1S/C28H34INO8/c1-33-27-17-21(5-9-25(27)37-15-13-35-12-11-30)3-7-23(31)19-24(32)8-4-22-6-10-26(28(18-22)34-2)38-16-14-36-20-29/h3-10,17-18H,11-16,19-20,30H2,1-2H3/b7-3+,8-4+. The van der Waals surface area contributed by atoms with Gasteiger partial charge in [0.05, 0.1) is 45.1 Å². The number of nitrogens with two attached hydrogens (primary N) is 1.